The Hall–Kier alpha value is -2.84. The van der Waals surface area contributed by atoms with Crippen molar-refractivity contribution in [1.29, 1.82) is 0 Å². The smallest absolute Gasteiger partial charge is 0.255 e. The summed E-state index contributed by atoms with van der Waals surface area (Å²) < 4.78 is 22.1. The molecule has 2 aliphatic heterocycles. The Bertz CT molecular complexity index is 855. The molecule has 0 atom stereocenters. The number of rotatable bonds is 5. The number of carbonyl (C=O) groups is 1. The molecule has 0 radical (unpaired) electrons. The van der Waals surface area contributed by atoms with Gasteiger partial charge in [-0.25, -0.2) is 4.98 Å². The zero-order valence-electron chi connectivity index (χ0n) is 16.6. The van der Waals surface area contributed by atoms with Crippen LogP contribution in [0.2, 0.25) is 0 Å². The van der Waals surface area contributed by atoms with Crippen LogP contribution in [0.1, 0.15) is 23.2 Å². The summed E-state index contributed by atoms with van der Waals surface area (Å²) in [6.07, 6.45) is 2.98. The number of amides is 1. The van der Waals surface area contributed by atoms with Crippen LogP contribution in [0.15, 0.2) is 36.5 Å². The molecule has 2 saturated heterocycles. The second-order valence-electron chi connectivity index (χ2n) is 7.02. The van der Waals surface area contributed by atoms with E-state index in [1.54, 1.807) is 32.5 Å². The number of hydrogen-bond acceptors (Lipinski definition) is 7. The molecule has 8 nitrogen and oxygen atoms in total. The quantitative estimate of drug-likeness (QED) is 0.828. The molecule has 1 spiro atoms. The molecule has 3 heterocycles. The SMILES string of the molecule is COc1ccc(OC)c(Nc2ccc(C(=O)N3CCC4(CC3)OCCO4)cn2)c1. The molecule has 1 aromatic heterocycles. The zero-order valence-corrected chi connectivity index (χ0v) is 16.6. The summed E-state index contributed by atoms with van der Waals surface area (Å²) in [6, 6.07) is 9.03. The normalized spacial score (nSPS) is 17.9. The Labute approximate surface area is 169 Å². The van der Waals surface area contributed by atoms with Gasteiger partial charge in [0.15, 0.2) is 5.79 Å². The van der Waals surface area contributed by atoms with Gasteiger partial charge in [0.25, 0.3) is 5.91 Å². The number of anilines is 2. The average molecular weight is 399 g/mol. The molecular formula is C21H25N3O5. The lowest BCUT2D eigenvalue weighted by molar-refractivity contribution is -0.181. The van der Waals surface area contributed by atoms with Crippen LogP contribution in [0.4, 0.5) is 11.5 Å². The van der Waals surface area contributed by atoms with Crippen molar-refractivity contribution in [3.63, 3.8) is 0 Å². The molecule has 8 heteroatoms. The van der Waals surface area contributed by atoms with Gasteiger partial charge >= 0.3 is 0 Å². The van der Waals surface area contributed by atoms with Crippen molar-refractivity contribution in [2.45, 2.75) is 18.6 Å². The molecule has 2 aliphatic rings. The van der Waals surface area contributed by atoms with Crippen molar-refractivity contribution < 1.29 is 23.7 Å². The minimum absolute atomic E-state index is 0.0316. The minimum atomic E-state index is -0.487. The summed E-state index contributed by atoms with van der Waals surface area (Å²) in [7, 11) is 3.21. The van der Waals surface area contributed by atoms with E-state index in [1.807, 2.05) is 23.1 Å². The van der Waals surface area contributed by atoms with E-state index in [9.17, 15) is 4.79 Å². The highest BCUT2D eigenvalue weighted by atomic mass is 16.7. The number of aromatic nitrogens is 1. The number of carbonyl (C=O) groups excluding carboxylic acids is 1. The number of piperidine rings is 1. The number of benzene rings is 1. The van der Waals surface area contributed by atoms with Gasteiger partial charge in [-0.3, -0.25) is 4.79 Å². The maximum absolute atomic E-state index is 12.8. The number of likely N-dealkylation sites (tertiary alicyclic amines) is 1. The molecule has 0 aliphatic carbocycles. The summed E-state index contributed by atoms with van der Waals surface area (Å²) in [4.78, 5) is 19.0. The van der Waals surface area contributed by atoms with Crippen molar-refractivity contribution in [2.75, 3.05) is 45.8 Å². The summed E-state index contributed by atoms with van der Waals surface area (Å²) in [6.45, 7) is 2.48. The lowest BCUT2D eigenvalue weighted by Gasteiger charge is -2.37. The van der Waals surface area contributed by atoms with Gasteiger partial charge in [-0.05, 0) is 24.3 Å². The van der Waals surface area contributed by atoms with Crippen LogP contribution in [-0.2, 0) is 9.47 Å². The van der Waals surface area contributed by atoms with E-state index in [4.69, 9.17) is 18.9 Å². The molecule has 29 heavy (non-hydrogen) atoms. The predicted octanol–water partition coefficient (Wildman–Crippen LogP) is 2.82. The Balaban J connectivity index is 1.41. The maximum Gasteiger partial charge on any atom is 0.255 e. The van der Waals surface area contributed by atoms with Gasteiger partial charge < -0.3 is 29.2 Å². The van der Waals surface area contributed by atoms with Gasteiger partial charge in [0, 0.05) is 38.2 Å². The third kappa shape index (κ3) is 4.13. The third-order valence-electron chi connectivity index (χ3n) is 5.31. The van der Waals surface area contributed by atoms with Gasteiger partial charge in [0.2, 0.25) is 0 Å². The summed E-state index contributed by atoms with van der Waals surface area (Å²) in [5, 5.41) is 3.20. The van der Waals surface area contributed by atoms with E-state index < -0.39 is 5.79 Å². The van der Waals surface area contributed by atoms with E-state index in [1.165, 1.54) is 0 Å². The zero-order chi connectivity index (χ0) is 20.3. The fraction of sp³-hybridized carbons (Fsp3) is 0.429. The van der Waals surface area contributed by atoms with E-state index in [-0.39, 0.29) is 5.91 Å². The fourth-order valence-corrected chi connectivity index (χ4v) is 3.66. The second-order valence-corrected chi connectivity index (χ2v) is 7.02. The van der Waals surface area contributed by atoms with Crippen molar-refractivity contribution >= 4 is 17.4 Å². The number of hydrogen-bond donors (Lipinski definition) is 1. The average Bonchev–Trinajstić information content (AvgIpc) is 3.22. The van der Waals surface area contributed by atoms with E-state index in [0.717, 1.165) is 5.69 Å². The van der Waals surface area contributed by atoms with Gasteiger partial charge in [-0.2, -0.15) is 0 Å². The minimum Gasteiger partial charge on any atom is -0.497 e. The number of ether oxygens (including phenoxy) is 4. The topological polar surface area (TPSA) is 82.2 Å². The third-order valence-corrected chi connectivity index (χ3v) is 5.31. The molecule has 1 aromatic carbocycles. The van der Waals surface area contributed by atoms with Crippen LogP contribution in [0.3, 0.4) is 0 Å². The van der Waals surface area contributed by atoms with Crippen LogP contribution in [0, 0.1) is 0 Å². The van der Waals surface area contributed by atoms with Crippen LogP contribution in [-0.4, -0.2) is 62.1 Å². The molecule has 0 saturated carbocycles. The first-order valence-corrected chi connectivity index (χ1v) is 9.65. The van der Waals surface area contributed by atoms with Gasteiger partial charge in [-0.1, -0.05) is 0 Å². The van der Waals surface area contributed by atoms with Crippen LogP contribution < -0.4 is 14.8 Å². The molecule has 154 valence electrons. The van der Waals surface area contributed by atoms with Crippen LogP contribution in [0.5, 0.6) is 11.5 Å². The monoisotopic (exact) mass is 399 g/mol. The molecule has 0 unspecified atom stereocenters. The lowest BCUT2D eigenvalue weighted by Crippen LogP contribution is -2.47. The molecule has 2 aromatic rings. The van der Waals surface area contributed by atoms with Crippen molar-refractivity contribution in [3.05, 3.63) is 42.1 Å². The lowest BCUT2D eigenvalue weighted by atomic mass is 10.0. The highest BCUT2D eigenvalue weighted by Gasteiger charge is 2.40. The summed E-state index contributed by atoms with van der Waals surface area (Å²) in [5.41, 5.74) is 1.29. The Morgan fingerprint density at radius 3 is 2.48 bits per heavy atom. The Morgan fingerprint density at radius 1 is 1.10 bits per heavy atom. The molecule has 0 bridgehead atoms. The summed E-state index contributed by atoms with van der Waals surface area (Å²) in [5.74, 6) is 1.47. The standard InChI is InChI=1S/C21H25N3O5/c1-26-16-4-5-18(27-2)17(13-16)23-19-6-3-15(14-22-19)20(25)24-9-7-21(8-10-24)28-11-12-29-21/h3-6,13-14H,7-12H2,1-2H3,(H,22,23). The van der Waals surface area contributed by atoms with Gasteiger partial charge in [0.1, 0.15) is 17.3 Å². The van der Waals surface area contributed by atoms with E-state index >= 15 is 0 Å². The van der Waals surface area contributed by atoms with E-state index in [0.29, 0.717) is 62.0 Å². The fourth-order valence-electron chi connectivity index (χ4n) is 3.66. The van der Waals surface area contributed by atoms with Crippen molar-refractivity contribution in [3.8, 4) is 11.5 Å². The van der Waals surface area contributed by atoms with E-state index in [2.05, 4.69) is 10.3 Å². The Morgan fingerprint density at radius 2 is 1.86 bits per heavy atom. The van der Waals surface area contributed by atoms with Crippen LogP contribution >= 0.6 is 0 Å². The molecule has 4 rings (SSSR count). The van der Waals surface area contributed by atoms with Gasteiger partial charge in [-0.15, -0.1) is 0 Å². The first-order valence-electron chi connectivity index (χ1n) is 9.65. The molecule has 1 N–H and O–H groups in total. The number of pyridine rings is 1. The predicted molar refractivity (Wildman–Crippen MR) is 107 cm³/mol. The maximum atomic E-state index is 12.8. The number of nitrogens with one attached hydrogen (secondary N) is 1. The van der Waals surface area contributed by atoms with Crippen molar-refractivity contribution in [1.82, 2.24) is 9.88 Å². The van der Waals surface area contributed by atoms with Crippen molar-refractivity contribution in [2.24, 2.45) is 0 Å². The number of methoxy groups -OCH3 is 2. The number of nitrogens with zero attached hydrogens (tertiary/aromatic N) is 2. The molecule has 2 fully saturated rings. The highest BCUT2D eigenvalue weighted by Crippen LogP contribution is 2.32. The van der Waals surface area contributed by atoms with Gasteiger partial charge in [0.05, 0.1) is 38.7 Å². The first-order chi connectivity index (χ1) is 14.1. The molecular weight excluding hydrogens is 374 g/mol. The highest BCUT2D eigenvalue weighted by molar-refractivity contribution is 5.94. The summed E-state index contributed by atoms with van der Waals surface area (Å²) >= 11 is 0. The largest absolute Gasteiger partial charge is 0.497 e. The second kappa shape index (κ2) is 8.26. The van der Waals surface area contributed by atoms with Crippen LogP contribution in [0.25, 0.3) is 0 Å². The molecule has 1 amide bonds. The Kier molecular flexibility index (Phi) is 5.55. The first kappa shape index (κ1) is 19.5.